The van der Waals surface area contributed by atoms with Crippen LogP contribution in [0.1, 0.15) is 26.7 Å². The van der Waals surface area contributed by atoms with Gasteiger partial charge >= 0.3 is 0 Å². The Morgan fingerprint density at radius 2 is 1.88 bits per heavy atom. The summed E-state index contributed by atoms with van der Waals surface area (Å²) < 4.78 is 0. The van der Waals surface area contributed by atoms with E-state index in [0.717, 1.165) is 17.1 Å². The normalized spacial score (nSPS) is 19.9. The Labute approximate surface area is 101 Å². The van der Waals surface area contributed by atoms with Crippen LogP contribution in [0.15, 0.2) is 24.3 Å². The molecule has 1 fully saturated rings. The monoisotopic (exact) mass is 237 g/mol. The number of anilines is 1. The van der Waals surface area contributed by atoms with E-state index in [0.29, 0.717) is 18.7 Å². The summed E-state index contributed by atoms with van der Waals surface area (Å²) in [5.41, 5.74) is 1.12. The number of Topliss-reactive ketones (excluding diaryl/α,β-unsaturated/α-hetero) is 1. The molecule has 1 aliphatic heterocycles. The third-order valence-electron chi connectivity index (χ3n) is 3.22. The molecule has 1 aromatic rings. The zero-order valence-corrected chi connectivity index (χ0v) is 10.4. The highest BCUT2D eigenvalue weighted by Crippen LogP contribution is 2.31. The summed E-state index contributed by atoms with van der Waals surface area (Å²) in [6, 6.07) is 7.68. The molecule has 0 aromatic heterocycles. The molecule has 0 unspecified atom stereocenters. The summed E-state index contributed by atoms with van der Waals surface area (Å²) in [5, 5.41) is 0.727. The van der Waals surface area contributed by atoms with Crippen molar-refractivity contribution in [2.24, 2.45) is 0 Å². The summed E-state index contributed by atoms with van der Waals surface area (Å²) in [5.74, 6) is 0.314. The quantitative estimate of drug-likeness (QED) is 0.747. The highest BCUT2D eigenvalue weighted by atomic mass is 35.5. The van der Waals surface area contributed by atoms with Crippen molar-refractivity contribution in [2.45, 2.75) is 32.2 Å². The Morgan fingerprint density at radius 3 is 2.50 bits per heavy atom. The van der Waals surface area contributed by atoms with Crippen molar-refractivity contribution in [3.05, 3.63) is 29.3 Å². The van der Waals surface area contributed by atoms with Crippen LogP contribution in [-0.2, 0) is 4.79 Å². The van der Waals surface area contributed by atoms with E-state index in [1.165, 1.54) is 0 Å². The summed E-state index contributed by atoms with van der Waals surface area (Å²) in [4.78, 5) is 13.7. The molecule has 1 saturated heterocycles. The molecule has 16 heavy (non-hydrogen) atoms. The van der Waals surface area contributed by atoms with Crippen LogP contribution in [0, 0.1) is 0 Å². The molecule has 0 bridgehead atoms. The van der Waals surface area contributed by atoms with Crippen LogP contribution in [-0.4, -0.2) is 17.9 Å². The van der Waals surface area contributed by atoms with Crippen LogP contribution in [0.25, 0.3) is 0 Å². The van der Waals surface area contributed by atoms with Crippen molar-refractivity contribution in [3.8, 4) is 0 Å². The van der Waals surface area contributed by atoms with Gasteiger partial charge in [-0.3, -0.25) is 4.79 Å². The first-order valence-electron chi connectivity index (χ1n) is 5.54. The smallest absolute Gasteiger partial charge is 0.152 e. The minimum atomic E-state index is 0.0434. The number of benzene rings is 1. The number of rotatable bonds is 1. The van der Waals surface area contributed by atoms with Gasteiger partial charge in [-0.05, 0) is 44.5 Å². The van der Waals surface area contributed by atoms with Gasteiger partial charge in [-0.25, -0.2) is 0 Å². The maximum atomic E-state index is 11.5. The predicted molar refractivity (Wildman–Crippen MR) is 67.1 cm³/mol. The zero-order valence-electron chi connectivity index (χ0n) is 9.66. The average molecular weight is 238 g/mol. The van der Waals surface area contributed by atoms with Gasteiger partial charge in [0.25, 0.3) is 0 Å². The van der Waals surface area contributed by atoms with Gasteiger partial charge < -0.3 is 4.90 Å². The second-order valence-corrected chi connectivity index (χ2v) is 5.35. The van der Waals surface area contributed by atoms with Crippen LogP contribution < -0.4 is 4.90 Å². The molecule has 1 aromatic carbocycles. The standard InChI is InChI=1S/C13H16ClNO/c1-13(2)8-7-12(16)9-15(13)11-5-3-10(14)4-6-11/h3-6H,7-9H2,1-2H3. The largest absolute Gasteiger partial charge is 0.359 e. The highest BCUT2D eigenvalue weighted by molar-refractivity contribution is 6.30. The van der Waals surface area contributed by atoms with Crippen LogP contribution in [0.3, 0.4) is 0 Å². The third-order valence-corrected chi connectivity index (χ3v) is 3.47. The van der Waals surface area contributed by atoms with Gasteiger partial charge in [0.1, 0.15) is 0 Å². The summed E-state index contributed by atoms with van der Waals surface area (Å²) >= 11 is 5.86. The fraction of sp³-hybridized carbons (Fsp3) is 0.462. The van der Waals surface area contributed by atoms with Gasteiger partial charge in [-0.15, -0.1) is 0 Å². The van der Waals surface area contributed by atoms with Crippen molar-refractivity contribution >= 4 is 23.1 Å². The average Bonchev–Trinajstić information content (AvgIpc) is 2.23. The highest BCUT2D eigenvalue weighted by Gasteiger charge is 2.33. The van der Waals surface area contributed by atoms with Gasteiger partial charge in [-0.2, -0.15) is 0 Å². The molecule has 86 valence electrons. The van der Waals surface area contributed by atoms with Gasteiger partial charge in [0.05, 0.1) is 6.54 Å². The Kier molecular flexibility index (Phi) is 2.94. The first kappa shape index (κ1) is 11.5. The fourth-order valence-corrected chi connectivity index (χ4v) is 2.24. The lowest BCUT2D eigenvalue weighted by atomic mass is 9.89. The molecule has 0 radical (unpaired) electrons. The summed E-state index contributed by atoms with van der Waals surface area (Å²) in [6.45, 7) is 4.86. The lowest BCUT2D eigenvalue weighted by molar-refractivity contribution is -0.119. The van der Waals surface area contributed by atoms with E-state index in [-0.39, 0.29) is 5.54 Å². The molecule has 1 aliphatic rings. The van der Waals surface area contributed by atoms with E-state index in [1.807, 2.05) is 24.3 Å². The van der Waals surface area contributed by atoms with Gasteiger partial charge in [0.2, 0.25) is 0 Å². The van der Waals surface area contributed by atoms with E-state index in [1.54, 1.807) is 0 Å². The number of carbonyl (C=O) groups excluding carboxylic acids is 1. The number of piperidine rings is 1. The van der Waals surface area contributed by atoms with E-state index >= 15 is 0 Å². The predicted octanol–water partition coefficient (Wildman–Crippen LogP) is 3.29. The maximum Gasteiger partial charge on any atom is 0.152 e. The van der Waals surface area contributed by atoms with E-state index in [4.69, 9.17) is 11.6 Å². The van der Waals surface area contributed by atoms with Gasteiger partial charge in [-0.1, -0.05) is 11.6 Å². The summed E-state index contributed by atoms with van der Waals surface area (Å²) in [7, 11) is 0. The molecule has 0 saturated carbocycles. The first-order chi connectivity index (χ1) is 7.49. The first-order valence-corrected chi connectivity index (χ1v) is 5.92. The van der Waals surface area contributed by atoms with Crippen LogP contribution in [0.4, 0.5) is 5.69 Å². The van der Waals surface area contributed by atoms with Crippen LogP contribution in [0.5, 0.6) is 0 Å². The topological polar surface area (TPSA) is 20.3 Å². The molecule has 2 rings (SSSR count). The van der Waals surface area contributed by atoms with E-state index < -0.39 is 0 Å². The number of ketones is 1. The molecule has 0 atom stereocenters. The summed E-state index contributed by atoms with van der Waals surface area (Å²) in [6.07, 6.45) is 1.60. The Bertz CT molecular complexity index is 397. The number of carbonyl (C=O) groups is 1. The Hall–Kier alpha value is -1.02. The van der Waals surface area contributed by atoms with Crippen LogP contribution in [0.2, 0.25) is 5.02 Å². The molecule has 2 nitrogen and oxygen atoms in total. The number of halogens is 1. The zero-order chi connectivity index (χ0) is 11.8. The number of hydrogen-bond donors (Lipinski definition) is 0. The van der Waals surface area contributed by atoms with Crippen molar-refractivity contribution in [2.75, 3.05) is 11.4 Å². The molecule has 0 spiro atoms. The molecule has 1 heterocycles. The third kappa shape index (κ3) is 2.22. The molecule has 3 heteroatoms. The number of hydrogen-bond acceptors (Lipinski definition) is 2. The molecular weight excluding hydrogens is 222 g/mol. The fourth-order valence-electron chi connectivity index (χ4n) is 2.11. The molecular formula is C13H16ClNO. The van der Waals surface area contributed by atoms with Crippen molar-refractivity contribution < 1.29 is 4.79 Å². The molecule has 0 aliphatic carbocycles. The SMILES string of the molecule is CC1(C)CCC(=O)CN1c1ccc(Cl)cc1. The minimum Gasteiger partial charge on any atom is -0.359 e. The second-order valence-electron chi connectivity index (χ2n) is 4.91. The Morgan fingerprint density at radius 1 is 1.25 bits per heavy atom. The minimum absolute atomic E-state index is 0.0434. The van der Waals surface area contributed by atoms with Gasteiger partial charge in [0.15, 0.2) is 5.78 Å². The molecule has 0 amide bonds. The van der Waals surface area contributed by atoms with Crippen molar-refractivity contribution in [3.63, 3.8) is 0 Å². The lowest BCUT2D eigenvalue weighted by Crippen LogP contribution is -2.50. The molecule has 0 N–H and O–H groups in total. The lowest BCUT2D eigenvalue weighted by Gasteiger charge is -2.43. The van der Waals surface area contributed by atoms with Gasteiger partial charge in [0, 0.05) is 22.7 Å². The van der Waals surface area contributed by atoms with Crippen molar-refractivity contribution in [1.29, 1.82) is 0 Å². The van der Waals surface area contributed by atoms with E-state index in [2.05, 4.69) is 18.7 Å². The van der Waals surface area contributed by atoms with E-state index in [9.17, 15) is 4.79 Å². The number of nitrogens with zero attached hydrogens (tertiary/aromatic N) is 1. The Balaban J connectivity index is 2.30. The van der Waals surface area contributed by atoms with Crippen LogP contribution >= 0.6 is 11.6 Å². The second kappa shape index (κ2) is 4.10. The maximum absolute atomic E-state index is 11.5. The van der Waals surface area contributed by atoms with Crippen molar-refractivity contribution in [1.82, 2.24) is 0 Å².